The molecule has 0 aliphatic rings. The fourth-order valence-electron chi connectivity index (χ4n) is 2.81. The molecule has 108 valence electrons. The molecule has 0 aliphatic carbocycles. The van der Waals surface area contributed by atoms with Crippen LogP contribution in [0.5, 0.6) is 0 Å². The Labute approximate surface area is 121 Å². The minimum Gasteiger partial charge on any atom is -0.383 e. The van der Waals surface area contributed by atoms with Gasteiger partial charge < -0.3 is 11.1 Å². The van der Waals surface area contributed by atoms with Crippen LogP contribution in [0.4, 0.5) is 5.82 Å². The van der Waals surface area contributed by atoms with Crippen LogP contribution in [0.2, 0.25) is 5.02 Å². The van der Waals surface area contributed by atoms with Crippen molar-refractivity contribution in [1.82, 2.24) is 15.2 Å². The van der Waals surface area contributed by atoms with Gasteiger partial charge in [0, 0.05) is 17.3 Å². The van der Waals surface area contributed by atoms with Crippen LogP contribution in [0.25, 0.3) is 0 Å². The Balaban J connectivity index is 3.22. The first-order valence-corrected chi connectivity index (χ1v) is 7.09. The molecule has 0 spiro atoms. The molecule has 0 saturated heterocycles. The van der Waals surface area contributed by atoms with Gasteiger partial charge in [0.05, 0.1) is 11.1 Å². The summed E-state index contributed by atoms with van der Waals surface area (Å²) < 4.78 is 0. The van der Waals surface area contributed by atoms with Gasteiger partial charge in [-0.15, -0.1) is 0 Å². The average molecular weight is 285 g/mol. The Hall–Kier alpha value is -0.840. The topological polar surface area (TPSA) is 54.2 Å². The number of pyridine rings is 1. The third-order valence-corrected chi connectivity index (χ3v) is 4.01. The number of hydrogen-bond donors (Lipinski definition) is 2. The summed E-state index contributed by atoms with van der Waals surface area (Å²) in [5, 5.41) is 3.97. The van der Waals surface area contributed by atoms with Gasteiger partial charge in [-0.3, -0.25) is 4.90 Å². The molecule has 5 heteroatoms. The maximum Gasteiger partial charge on any atom is 0.128 e. The van der Waals surface area contributed by atoms with E-state index in [4.69, 9.17) is 17.3 Å². The van der Waals surface area contributed by atoms with E-state index in [-0.39, 0.29) is 11.6 Å². The fraction of sp³-hybridized carbons (Fsp3) is 0.643. The maximum atomic E-state index is 6.06. The molecule has 0 saturated carbocycles. The summed E-state index contributed by atoms with van der Waals surface area (Å²) in [7, 11) is 1.94. The Kier molecular flexibility index (Phi) is 5.59. The molecule has 0 radical (unpaired) electrons. The first kappa shape index (κ1) is 16.2. The quantitative estimate of drug-likeness (QED) is 0.843. The highest BCUT2D eigenvalue weighted by atomic mass is 35.5. The van der Waals surface area contributed by atoms with Crippen molar-refractivity contribution < 1.29 is 0 Å². The van der Waals surface area contributed by atoms with Crippen LogP contribution >= 0.6 is 11.6 Å². The summed E-state index contributed by atoms with van der Waals surface area (Å²) in [6, 6.07) is 1.97. The minimum atomic E-state index is -0.0846. The largest absolute Gasteiger partial charge is 0.383 e. The van der Waals surface area contributed by atoms with E-state index < -0.39 is 0 Å². The fourth-order valence-corrected chi connectivity index (χ4v) is 2.97. The van der Waals surface area contributed by atoms with Crippen LogP contribution in [0.1, 0.15) is 39.3 Å². The minimum absolute atomic E-state index is 0.0681. The number of aromatic nitrogens is 1. The molecule has 0 bridgehead atoms. The van der Waals surface area contributed by atoms with Crippen molar-refractivity contribution in [3.8, 4) is 0 Å². The van der Waals surface area contributed by atoms with Gasteiger partial charge in [0.25, 0.3) is 0 Å². The lowest BCUT2D eigenvalue weighted by Gasteiger charge is -2.43. The van der Waals surface area contributed by atoms with Crippen molar-refractivity contribution in [3.63, 3.8) is 0 Å². The Morgan fingerprint density at radius 2 is 2.00 bits per heavy atom. The smallest absolute Gasteiger partial charge is 0.128 e. The van der Waals surface area contributed by atoms with Gasteiger partial charge in [-0.25, -0.2) is 4.98 Å². The van der Waals surface area contributed by atoms with E-state index in [0.717, 1.165) is 18.7 Å². The summed E-state index contributed by atoms with van der Waals surface area (Å²) in [4.78, 5) is 6.56. The second-order valence-corrected chi connectivity index (χ2v) is 5.61. The number of likely N-dealkylation sites (N-methyl/N-ethyl adjacent to an activating group) is 2. The number of anilines is 1. The summed E-state index contributed by atoms with van der Waals surface area (Å²) in [5.74, 6) is 0.531. The highest BCUT2D eigenvalue weighted by molar-refractivity contribution is 6.30. The Morgan fingerprint density at radius 1 is 1.42 bits per heavy atom. The van der Waals surface area contributed by atoms with E-state index in [1.807, 2.05) is 13.1 Å². The third kappa shape index (κ3) is 3.38. The normalized spacial score (nSPS) is 13.8. The molecular weight excluding hydrogens is 260 g/mol. The lowest BCUT2D eigenvalue weighted by Crippen LogP contribution is -2.52. The van der Waals surface area contributed by atoms with Gasteiger partial charge >= 0.3 is 0 Å². The van der Waals surface area contributed by atoms with Gasteiger partial charge in [0.2, 0.25) is 0 Å². The predicted octanol–water partition coefficient (Wildman–Crippen LogP) is 2.70. The number of nitrogen functional groups attached to an aromatic ring is 1. The van der Waals surface area contributed by atoms with Crippen LogP contribution in [0.3, 0.4) is 0 Å². The van der Waals surface area contributed by atoms with Crippen molar-refractivity contribution in [2.45, 2.75) is 39.3 Å². The van der Waals surface area contributed by atoms with Crippen LogP contribution in [-0.4, -0.2) is 35.6 Å². The average Bonchev–Trinajstić information content (AvgIpc) is 2.35. The Morgan fingerprint density at radius 3 is 2.47 bits per heavy atom. The van der Waals surface area contributed by atoms with E-state index in [1.54, 1.807) is 6.20 Å². The molecule has 1 heterocycles. The van der Waals surface area contributed by atoms with Crippen molar-refractivity contribution in [1.29, 1.82) is 0 Å². The first-order chi connectivity index (χ1) is 8.88. The van der Waals surface area contributed by atoms with Gasteiger partial charge in [0.15, 0.2) is 0 Å². The summed E-state index contributed by atoms with van der Waals surface area (Å²) in [6.45, 7) is 10.7. The standard InChI is InChI=1S/C14H25ClN4/c1-6-19(7-2)14(3,4)12(17-5)11-8-10(15)9-18-13(11)16/h8-9,12,17H,6-7H2,1-5H3,(H2,16,18). The molecular formula is C14H25ClN4. The lowest BCUT2D eigenvalue weighted by molar-refractivity contribution is 0.0946. The molecule has 19 heavy (non-hydrogen) atoms. The number of hydrogen-bond acceptors (Lipinski definition) is 4. The molecule has 1 atom stereocenters. The maximum absolute atomic E-state index is 6.06. The molecule has 0 fully saturated rings. The molecule has 0 aliphatic heterocycles. The zero-order valence-corrected chi connectivity index (χ0v) is 13.3. The third-order valence-electron chi connectivity index (χ3n) is 3.80. The van der Waals surface area contributed by atoms with Gasteiger partial charge in [-0.2, -0.15) is 0 Å². The zero-order valence-electron chi connectivity index (χ0n) is 12.5. The van der Waals surface area contributed by atoms with Crippen molar-refractivity contribution in [2.75, 3.05) is 25.9 Å². The predicted molar refractivity (Wildman–Crippen MR) is 82.5 cm³/mol. The summed E-state index contributed by atoms with van der Waals surface area (Å²) >= 11 is 6.06. The molecule has 1 aromatic rings. The van der Waals surface area contributed by atoms with Gasteiger partial charge in [-0.05, 0) is 40.1 Å². The van der Waals surface area contributed by atoms with Crippen molar-refractivity contribution in [3.05, 3.63) is 22.8 Å². The lowest BCUT2D eigenvalue weighted by atomic mass is 9.87. The van der Waals surface area contributed by atoms with E-state index in [1.165, 1.54) is 0 Å². The molecule has 0 amide bonds. The van der Waals surface area contributed by atoms with Crippen molar-refractivity contribution in [2.24, 2.45) is 0 Å². The molecule has 0 aromatic carbocycles. The number of rotatable bonds is 6. The highest BCUT2D eigenvalue weighted by Crippen LogP contribution is 2.34. The van der Waals surface area contributed by atoms with E-state index in [2.05, 4.69) is 42.9 Å². The van der Waals surface area contributed by atoms with Gasteiger partial charge in [-0.1, -0.05) is 25.4 Å². The summed E-state index contributed by atoms with van der Waals surface area (Å²) in [6.07, 6.45) is 1.58. The molecule has 3 N–H and O–H groups in total. The number of nitrogens with one attached hydrogen (secondary N) is 1. The first-order valence-electron chi connectivity index (χ1n) is 6.71. The van der Waals surface area contributed by atoms with Crippen LogP contribution in [0, 0.1) is 0 Å². The van der Waals surface area contributed by atoms with Crippen LogP contribution in [-0.2, 0) is 0 Å². The van der Waals surface area contributed by atoms with E-state index in [0.29, 0.717) is 10.8 Å². The SMILES string of the molecule is CCN(CC)C(C)(C)C(NC)c1cc(Cl)cnc1N. The summed E-state index contributed by atoms with van der Waals surface area (Å²) in [5.41, 5.74) is 6.88. The second kappa shape index (κ2) is 6.55. The van der Waals surface area contributed by atoms with Gasteiger partial charge in [0.1, 0.15) is 5.82 Å². The highest BCUT2D eigenvalue weighted by Gasteiger charge is 2.35. The van der Waals surface area contributed by atoms with Crippen LogP contribution < -0.4 is 11.1 Å². The van der Waals surface area contributed by atoms with E-state index in [9.17, 15) is 0 Å². The molecule has 4 nitrogen and oxygen atoms in total. The molecule has 1 aromatic heterocycles. The van der Waals surface area contributed by atoms with E-state index >= 15 is 0 Å². The monoisotopic (exact) mass is 284 g/mol. The number of nitrogens with zero attached hydrogens (tertiary/aromatic N) is 2. The van der Waals surface area contributed by atoms with Crippen LogP contribution in [0.15, 0.2) is 12.3 Å². The second-order valence-electron chi connectivity index (χ2n) is 5.18. The number of halogens is 1. The molecule has 1 rings (SSSR count). The number of nitrogens with two attached hydrogens (primary N) is 1. The Bertz CT molecular complexity index is 416. The van der Waals surface area contributed by atoms with Crippen molar-refractivity contribution >= 4 is 17.4 Å². The molecule has 1 unspecified atom stereocenters. The zero-order chi connectivity index (χ0) is 14.6.